The third-order valence-electron chi connectivity index (χ3n) is 6.55. The fourth-order valence-corrected chi connectivity index (χ4v) is 6.02. The molecule has 2 aliphatic rings. The van der Waals surface area contributed by atoms with E-state index in [0.29, 0.717) is 4.90 Å². The Hall–Kier alpha value is -2.51. The van der Waals surface area contributed by atoms with Crippen LogP contribution in [0.5, 0.6) is 0 Å². The second kappa shape index (κ2) is 7.88. The first kappa shape index (κ1) is 20.4. The highest BCUT2D eigenvalue weighted by Crippen LogP contribution is 2.46. The molecule has 3 aromatic rings. The molecule has 0 aliphatic carbocycles. The van der Waals surface area contributed by atoms with Gasteiger partial charge in [0.05, 0.1) is 11.4 Å². The molecule has 0 atom stereocenters. The maximum Gasteiger partial charge on any atom is 0.244 e. The number of H-pyrrole nitrogens is 1. The monoisotopic (exact) mass is 438 g/mol. The molecular weight excluding hydrogens is 408 g/mol. The molecule has 5 rings (SSSR count). The first-order valence-electron chi connectivity index (χ1n) is 11.1. The summed E-state index contributed by atoms with van der Waals surface area (Å²) in [6, 6.07) is 14.2. The van der Waals surface area contributed by atoms with Crippen molar-refractivity contribution < 1.29 is 8.42 Å². The highest BCUT2D eigenvalue weighted by molar-refractivity contribution is 7.89. The van der Waals surface area contributed by atoms with Crippen LogP contribution in [0.1, 0.15) is 25.7 Å². The SMILES string of the molecule is CN(C)S(=O)(=O)c1ccc(N2CCCC2)c(-c2cc3ccccc3[nH]2)c1N1CCCC1. The number of nitrogens with one attached hydrogen (secondary N) is 1. The molecule has 0 saturated carbocycles. The Morgan fingerprint density at radius 2 is 1.52 bits per heavy atom. The molecule has 1 aromatic heterocycles. The molecule has 2 saturated heterocycles. The van der Waals surface area contributed by atoms with Gasteiger partial charge in [0.1, 0.15) is 4.90 Å². The highest BCUT2D eigenvalue weighted by Gasteiger charge is 2.32. The van der Waals surface area contributed by atoms with Crippen molar-refractivity contribution in [2.75, 3.05) is 50.1 Å². The maximum absolute atomic E-state index is 13.4. The molecule has 0 bridgehead atoms. The van der Waals surface area contributed by atoms with E-state index in [-0.39, 0.29) is 0 Å². The van der Waals surface area contributed by atoms with Crippen molar-refractivity contribution in [3.63, 3.8) is 0 Å². The maximum atomic E-state index is 13.4. The number of rotatable bonds is 5. The van der Waals surface area contributed by atoms with Gasteiger partial charge in [0.15, 0.2) is 0 Å². The first-order valence-corrected chi connectivity index (χ1v) is 12.6. The highest BCUT2D eigenvalue weighted by atomic mass is 32.2. The molecule has 0 amide bonds. The van der Waals surface area contributed by atoms with Gasteiger partial charge in [-0.3, -0.25) is 0 Å². The van der Waals surface area contributed by atoms with E-state index in [1.54, 1.807) is 14.1 Å². The number of sulfonamides is 1. The summed E-state index contributed by atoms with van der Waals surface area (Å²) in [5, 5.41) is 1.14. The lowest BCUT2D eigenvalue weighted by Gasteiger charge is -2.30. The van der Waals surface area contributed by atoms with E-state index in [2.05, 4.69) is 33.0 Å². The Morgan fingerprint density at radius 3 is 2.16 bits per heavy atom. The molecule has 6 nitrogen and oxygen atoms in total. The zero-order valence-electron chi connectivity index (χ0n) is 18.3. The summed E-state index contributed by atoms with van der Waals surface area (Å²) in [5.41, 5.74) is 5.05. The predicted molar refractivity (Wildman–Crippen MR) is 128 cm³/mol. The van der Waals surface area contributed by atoms with Gasteiger partial charge in [0, 0.05) is 62.4 Å². The number of nitrogens with zero attached hydrogens (tertiary/aromatic N) is 3. The average molecular weight is 439 g/mol. The topological polar surface area (TPSA) is 59.7 Å². The van der Waals surface area contributed by atoms with Crippen molar-refractivity contribution >= 4 is 32.3 Å². The summed E-state index contributed by atoms with van der Waals surface area (Å²) in [6.45, 7) is 3.78. The third-order valence-corrected chi connectivity index (χ3v) is 8.39. The number of aromatic nitrogens is 1. The summed E-state index contributed by atoms with van der Waals surface area (Å²) in [6.07, 6.45) is 4.51. The van der Waals surface area contributed by atoms with Gasteiger partial charge in [-0.05, 0) is 49.9 Å². The summed E-state index contributed by atoms with van der Waals surface area (Å²) in [7, 11) is -0.364. The van der Waals surface area contributed by atoms with Crippen molar-refractivity contribution in [3.8, 4) is 11.3 Å². The normalized spacial score (nSPS) is 17.4. The number of aromatic amines is 1. The zero-order valence-corrected chi connectivity index (χ0v) is 19.1. The van der Waals surface area contributed by atoms with Crippen LogP contribution in [0, 0.1) is 0 Å². The van der Waals surface area contributed by atoms with E-state index >= 15 is 0 Å². The van der Waals surface area contributed by atoms with Crippen molar-refractivity contribution in [2.45, 2.75) is 30.6 Å². The Balaban J connectivity index is 1.83. The Labute approximate surface area is 184 Å². The summed E-state index contributed by atoms with van der Waals surface area (Å²) in [4.78, 5) is 8.67. The molecule has 164 valence electrons. The fourth-order valence-electron chi connectivity index (χ4n) is 4.92. The quantitative estimate of drug-likeness (QED) is 0.646. The van der Waals surface area contributed by atoms with Crippen LogP contribution >= 0.6 is 0 Å². The molecular formula is C24H30N4O2S. The molecule has 2 aliphatic heterocycles. The van der Waals surface area contributed by atoms with E-state index in [9.17, 15) is 8.42 Å². The standard InChI is InChI=1S/C24H30N4O2S/c1-26(2)31(29,30)22-12-11-21(27-13-5-6-14-27)23(24(22)28-15-7-8-16-28)20-17-18-9-3-4-10-19(18)25-20/h3-4,9-12,17,25H,5-8,13-16H2,1-2H3. The first-order chi connectivity index (χ1) is 15.0. The minimum absolute atomic E-state index is 0.399. The second-order valence-electron chi connectivity index (χ2n) is 8.75. The molecule has 3 heterocycles. The van der Waals surface area contributed by atoms with Crippen LogP contribution in [-0.2, 0) is 10.0 Å². The Bertz CT molecular complexity index is 1170. The average Bonchev–Trinajstić information content (AvgIpc) is 3.54. The molecule has 7 heteroatoms. The molecule has 0 radical (unpaired) electrons. The lowest BCUT2D eigenvalue weighted by molar-refractivity contribution is 0.520. The van der Waals surface area contributed by atoms with Gasteiger partial charge in [-0.2, -0.15) is 0 Å². The van der Waals surface area contributed by atoms with Crippen LogP contribution in [-0.4, -0.2) is 58.0 Å². The van der Waals surface area contributed by atoms with Crippen molar-refractivity contribution in [1.82, 2.24) is 9.29 Å². The molecule has 31 heavy (non-hydrogen) atoms. The van der Waals surface area contributed by atoms with Crippen molar-refractivity contribution in [3.05, 3.63) is 42.5 Å². The smallest absolute Gasteiger partial charge is 0.244 e. The van der Waals surface area contributed by atoms with Gasteiger partial charge in [-0.15, -0.1) is 0 Å². The predicted octanol–water partition coefficient (Wildman–Crippen LogP) is 4.29. The third kappa shape index (κ3) is 3.49. The largest absolute Gasteiger partial charge is 0.371 e. The number of para-hydroxylation sites is 1. The molecule has 2 fully saturated rings. The van der Waals surface area contributed by atoms with Crippen molar-refractivity contribution in [2.24, 2.45) is 0 Å². The Kier molecular flexibility index (Phi) is 5.18. The summed E-state index contributed by atoms with van der Waals surface area (Å²) >= 11 is 0. The molecule has 0 unspecified atom stereocenters. The minimum atomic E-state index is -3.59. The minimum Gasteiger partial charge on any atom is -0.371 e. The van der Waals surface area contributed by atoms with Crippen LogP contribution in [0.15, 0.2) is 47.4 Å². The fraction of sp³-hybridized carbons (Fsp3) is 0.417. The summed E-state index contributed by atoms with van der Waals surface area (Å²) < 4.78 is 28.1. The summed E-state index contributed by atoms with van der Waals surface area (Å²) in [5.74, 6) is 0. The van der Waals surface area contributed by atoms with E-state index in [0.717, 1.165) is 72.6 Å². The number of hydrogen-bond donors (Lipinski definition) is 1. The van der Waals surface area contributed by atoms with Gasteiger partial charge in [0.2, 0.25) is 10.0 Å². The van der Waals surface area contributed by atoms with Crippen LogP contribution in [0.2, 0.25) is 0 Å². The van der Waals surface area contributed by atoms with Gasteiger partial charge in [0.25, 0.3) is 0 Å². The second-order valence-corrected chi connectivity index (χ2v) is 10.9. The van der Waals surface area contributed by atoms with E-state index in [1.165, 1.54) is 17.1 Å². The number of fused-ring (bicyclic) bond motifs is 1. The van der Waals surface area contributed by atoms with Crippen LogP contribution in [0.4, 0.5) is 11.4 Å². The van der Waals surface area contributed by atoms with Gasteiger partial charge >= 0.3 is 0 Å². The lowest BCUT2D eigenvalue weighted by Crippen LogP contribution is -2.28. The van der Waals surface area contributed by atoms with E-state index < -0.39 is 10.0 Å². The van der Waals surface area contributed by atoms with Crippen molar-refractivity contribution in [1.29, 1.82) is 0 Å². The van der Waals surface area contributed by atoms with Gasteiger partial charge in [-0.25, -0.2) is 12.7 Å². The van der Waals surface area contributed by atoms with Gasteiger partial charge in [-0.1, -0.05) is 18.2 Å². The Morgan fingerprint density at radius 1 is 0.871 bits per heavy atom. The van der Waals surface area contributed by atoms with Crippen LogP contribution < -0.4 is 9.80 Å². The van der Waals surface area contributed by atoms with E-state index in [4.69, 9.17) is 0 Å². The molecule has 0 spiro atoms. The lowest BCUT2D eigenvalue weighted by atomic mass is 10.0. The van der Waals surface area contributed by atoms with Gasteiger partial charge < -0.3 is 14.8 Å². The number of benzene rings is 2. The number of anilines is 2. The van der Waals surface area contributed by atoms with Crippen LogP contribution in [0.25, 0.3) is 22.2 Å². The van der Waals surface area contributed by atoms with Crippen LogP contribution in [0.3, 0.4) is 0 Å². The zero-order chi connectivity index (χ0) is 21.6. The number of hydrogen-bond acceptors (Lipinski definition) is 4. The van der Waals surface area contributed by atoms with E-state index in [1.807, 2.05) is 24.3 Å². The molecule has 1 N–H and O–H groups in total. The molecule has 2 aromatic carbocycles.